The first-order valence-electron chi connectivity index (χ1n) is 13.7. The quantitative estimate of drug-likeness (QED) is 0.460. The molecule has 6 aliphatic carbocycles. The summed E-state index contributed by atoms with van der Waals surface area (Å²) in [7, 11) is -0.553. The Morgan fingerprint density at radius 3 is 2.65 bits per heavy atom. The van der Waals surface area contributed by atoms with Gasteiger partial charge < -0.3 is 24.3 Å². The number of hydrogen-bond acceptors (Lipinski definition) is 5. The molecule has 37 heavy (non-hydrogen) atoms. The Hall–Kier alpha value is -2.32. The predicted molar refractivity (Wildman–Crippen MR) is 141 cm³/mol. The fourth-order valence-electron chi connectivity index (χ4n) is 8.58. The van der Waals surface area contributed by atoms with Crippen LogP contribution in [0.25, 0.3) is 0 Å². The van der Waals surface area contributed by atoms with E-state index in [2.05, 4.69) is 44.8 Å². The van der Waals surface area contributed by atoms with Gasteiger partial charge >= 0.3 is 13.2 Å². The van der Waals surface area contributed by atoms with Crippen molar-refractivity contribution < 1.29 is 23.6 Å². The van der Waals surface area contributed by atoms with E-state index in [1.165, 1.54) is 18.9 Å². The molecule has 198 valence electrons. The Kier molecular flexibility index (Phi) is 5.47. The Balaban J connectivity index is 1.19. The van der Waals surface area contributed by atoms with Crippen molar-refractivity contribution >= 4 is 19.1 Å². The van der Waals surface area contributed by atoms with Crippen LogP contribution in [0.15, 0.2) is 43.0 Å². The fourth-order valence-corrected chi connectivity index (χ4v) is 8.58. The van der Waals surface area contributed by atoms with Crippen molar-refractivity contribution in [2.24, 2.45) is 16.2 Å². The first-order chi connectivity index (χ1) is 17.5. The van der Waals surface area contributed by atoms with Gasteiger partial charge in [-0.15, -0.1) is 0 Å². The molecular formula is C29H39BN2O5. The number of benzene rings is 1. The number of alkyl carbamates (subject to hydrolysis) is 1. The molecule has 4 atom stereocenters. The minimum absolute atomic E-state index is 0.0402. The Labute approximate surface area is 220 Å². The van der Waals surface area contributed by atoms with Crippen molar-refractivity contribution in [2.45, 2.75) is 89.5 Å². The van der Waals surface area contributed by atoms with Crippen molar-refractivity contribution in [3.8, 4) is 0 Å². The lowest BCUT2D eigenvalue weighted by molar-refractivity contribution is -0.434. The predicted octanol–water partition coefficient (Wildman–Crippen LogP) is 4.30. The van der Waals surface area contributed by atoms with Crippen molar-refractivity contribution in [1.82, 2.24) is 10.2 Å². The lowest BCUT2D eigenvalue weighted by Gasteiger charge is -2.90. The van der Waals surface area contributed by atoms with E-state index in [0.29, 0.717) is 31.3 Å². The zero-order valence-corrected chi connectivity index (χ0v) is 22.5. The van der Waals surface area contributed by atoms with Gasteiger partial charge in [-0.1, -0.05) is 50.8 Å². The second-order valence-corrected chi connectivity index (χ2v) is 13.1. The number of nitrogens with one attached hydrogen (secondary N) is 1. The van der Waals surface area contributed by atoms with E-state index in [9.17, 15) is 9.59 Å². The van der Waals surface area contributed by atoms with Gasteiger partial charge in [0.05, 0.1) is 24.2 Å². The van der Waals surface area contributed by atoms with Crippen LogP contribution in [0.5, 0.6) is 0 Å². The minimum Gasteiger partial charge on any atom is -0.441 e. The lowest BCUT2D eigenvalue weighted by Crippen LogP contribution is -2.88. The second kappa shape index (κ2) is 8.09. The van der Waals surface area contributed by atoms with Crippen LogP contribution >= 0.6 is 0 Å². The standard InChI is InChI=1S/C29H39BN2O5/c1-6-23(33)32-14-10-13-26(4,19-32)35-24(34)31-22(15-20-11-8-7-9-12-20)30-36-21-16-28-17-29(18-28,25(28,2)3)27(21,5)37-30/h6-9,11-12,21-22H,1,10,13-19H2,2-5H3,(H,31,34)/t21-,22+,26?,27-,28?,29?/m1/s1. The number of carbonyl (C=O) groups excluding carboxylic acids is 2. The normalized spacial score (nSPS) is 39.5. The maximum atomic E-state index is 13.3. The highest BCUT2D eigenvalue weighted by molar-refractivity contribution is 6.48. The Bertz CT molecular complexity index is 1120. The summed E-state index contributed by atoms with van der Waals surface area (Å²) < 4.78 is 19.4. The summed E-state index contributed by atoms with van der Waals surface area (Å²) in [6, 6.07) is 10.1. The summed E-state index contributed by atoms with van der Waals surface area (Å²) in [5.74, 6) is -0.541. The van der Waals surface area contributed by atoms with Crippen LogP contribution in [-0.4, -0.2) is 60.4 Å². The zero-order valence-electron chi connectivity index (χ0n) is 22.5. The SMILES string of the molecule is C=CC(=O)N1CCCC(C)(OC(=O)N[C@@H](Cc2ccccc2)B2O[C@@H]3CC45CC(C4)(C5(C)C)[C@]3(C)O2)C1. The van der Waals surface area contributed by atoms with Gasteiger partial charge in [-0.25, -0.2) is 4.79 Å². The molecule has 6 saturated carbocycles. The van der Waals surface area contributed by atoms with E-state index in [-0.39, 0.29) is 28.4 Å². The van der Waals surface area contributed by atoms with Gasteiger partial charge in [-0.2, -0.15) is 0 Å². The lowest BCUT2D eigenvalue weighted by atomic mass is 9.15. The molecule has 1 N–H and O–H groups in total. The van der Waals surface area contributed by atoms with Crippen LogP contribution in [0.3, 0.4) is 0 Å². The van der Waals surface area contributed by atoms with Gasteiger partial charge in [0.25, 0.3) is 0 Å². The molecule has 8 fully saturated rings. The monoisotopic (exact) mass is 506 g/mol. The summed E-state index contributed by atoms with van der Waals surface area (Å²) in [4.78, 5) is 27.2. The number of piperidine rings is 1. The van der Waals surface area contributed by atoms with Gasteiger partial charge in [-0.05, 0) is 74.8 Å². The van der Waals surface area contributed by atoms with Crippen LogP contribution in [-0.2, 0) is 25.3 Å². The van der Waals surface area contributed by atoms with Gasteiger partial charge in [0.15, 0.2) is 0 Å². The third-order valence-corrected chi connectivity index (χ3v) is 11.0. The van der Waals surface area contributed by atoms with E-state index in [1.54, 1.807) is 4.90 Å². The third kappa shape index (κ3) is 3.40. The number of carbonyl (C=O) groups is 2. The molecule has 7 nitrogen and oxygen atoms in total. The molecule has 1 unspecified atom stereocenters. The van der Waals surface area contributed by atoms with Crippen molar-refractivity contribution in [3.05, 3.63) is 48.6 Å². The summed E-state index contributed by atoms with van der Waals surface area (Å²) in [5.41, 5.74) is 0.753. The highest BCUT2D eigenvalue weighted by Gasteiger charge is 2.91. The molecule has 1 aromatic rings. The van der Waals surface area contributed by atoms with Crippen molar-refractivity contribution in [1.29, 1.82) is 0 Å². The highest BCUT2D eigenvalue weighted by Crippen LogP contribution is 2.92. The average Bonchev–Trinajstić information content (AvgIpc) is 3.21. The summed E-state index contributed by atoms with van der Waals surface area (Å²) in [5, 5.41) is 3.10. The van der Waals surface area contributed by atoms with E-state index < -0.39 is 24.8 Å². The number of nitrogens with zero attached hydrogens (tertiary/aromatic N) is 1. The maximum Gasteiger partial charge on any atom is 0.482 e. The van der Waals surface area contributed by atoms with Crippen molar-refractivity contribution in [3.63, 3.8) is 0 Å². The molecule has 2 bridgehead atoms. The number of likely N-dealkylation sites (tertiary alicyclic amines) is 1. The molecule has 2 saturated heterocycles. The molecule has 2 aliphatic heterocycles. The fraction of sp³-hybridized carbons (Fsp3) is 0.655. The molecule has 0 radical (unpaired) electrons. The summed E-state index contributed by atoms with van der Waals surface area (Å²) in [6.07, 6.45) is 6.33. The molecule has 0 spiro atoms. The smallest absolute Gasteiger partial charge is 0.441 e. The largest absolute Gasteiger partial charge is 0.482 e. The van der Waals surface area contributed by atoms with Crippen LogP contribution < -0.4 is 5.32 Å². The molecule has 0 aromatic heterocycles. The molecular weight excluding hydrogens is 467 g/mol. The van der Waals surface area contributed by atoms with E-state index >= 15 is 0 Å². The summed E-state index contributed by atoms with van der Waals surface area (Å²) in [6.45, 7) is 13.5. The van der Waals surface area contributed by atoms with E-state index in [0.717, 1.165) is 18.4 Å². The number of rotatable bonds is 6. The van der Waals surface area contributed by atoms with E-state index in [4.69, 9.17) is 14.0 Å². The van der Waals surface area contributed by atoms with Gasteiger partial charge in [-0.3, -0.25) is 4.79 Å². The molecule has 2 heterocycles. The Morgan fingerprint density at radius 1 is 1.24 bits per heavy atom. The van der Waals surface area contributed by atoms with Crippen LogP contribution in [0.1, 0.15) is 65.4 Å². The second-order valence-electron chi connectivity index (χ2n) is 13.1. The number of hydrogen-bond donors (Lipinski definition) is 1. The first kappa shape index (κ1) is 25.0. The Morgan fingerprint density at radius 2 is 1.97 bits per heavy atom. The number of ether oxygens (including phenoxy) is 1. The molecule has 1 aromatic carbocycles. The number of amides is 2. The maximum absolute atomic E-state index is 13.3. The molecule has 8 aliphatic rings. The van der Waals surface area contributed by atoms with Gasteiger partial charge in [0.1, 0.15) is 5.60 Å². The average molecular weight is 506 g/mol. The topological polar surface area (TPSA) is 77.1 Å². The summed E-state index contributed by atoms with van der Waals surface area (Å²) >= 11 is 0. The molecule has 9 rings (SSSR count). The zero-order chi connectivity index (χ0) is 26.3. The van der Waals surface area contributed by atoms with Crippen LogP contribution in [0.2, 0.25) is 0 Å². The minimum atomic E-state index is -0.764. The highest BCUT2D eigenvalue weighted by atomic mass is 16.7. The van der Waals surface area contributed by atoms with Gasteiger partial charge in [0, 0.05) is 12.0 Å². The van der Waals surface area contributed by atoms with Crippen LogP contribution in [0.4, 0.5) is 4.79 Å². The third-order valence-electron chi connectivity index (χ3n) is 11.0. The van der Waals surface area contributed by atoms with Crippen molar-refractivity contribution in [2.75, 3.05) is 13.1 Å². The van der Waals surface area contributed by atoms with Gasteiger partial charge in [0.2, 0.25) is 5.91 Å². The van der Waals surface area contributed by atoms with E-state index in [1.807, 2.05) is 25.1 Å². The molecule has 8 heteroatoms. The van der Waals surface area contributed by atoms with Crippen LogP contribution in [0, 0.1) is 16.2 Å². The molecule has 2 amide bonds. The first-order valence-corrected chi connectivity index (χ1v) is 13.7.